The molecule has 0 radical (unpaired) electrons. The van der Waals surface area contributed by atoms with Crippen LogP contribution in [-0.4, -0.2) is 53.6 Å². The highest BCUT2D eigenvalue weighted by molar-refractivity contribution is 6.07. The number of rotatable bonds is 4. The first kappa shape index (κ1) is 18.2. The molecule has 1 aromatic heterocycles. The van der Waals surface area contributed by atoms with Crippen molar-refractivity contribution in [3.63, 3.8) is 0 Å². The average molecular weight is 376 g/mol. The summed E-state index contributed by atoms with van der Waals surface area (Å²) in [7, 11) is 0. The van der Waals surface area contributed by atoms with Crippen LogP contribution in [0.5, 0.6) is 5.88 Å². The van der Waals surface area contributed by atoms with Crippen molar-refractivity contribution in [2.45, 2.75) is 13.8 Å². The van der Waals surface area contributed by atoms with Crippen LogP contribution in [0, 0.1) is 6.92 Å². The molecule has 1 amide bonds. The van der Waals surface area contributed by atoms with Crippen LogP contribution in [0.1, 0.15) is 23.1 Å². The highest BCUT2D eigenvalue weighted by Gasteiger charge is 2.24. The molecule has 144 valence electrons. The summed E-state index contributed by atoms with van der Waals surface area (Å²) in [5.41, 5.74) is 0.767. The average Bonchev–Trinajstić information content (AvgIpc) is 2.73. The van der Waals surface area contributed by atoms with Crippen molar-refractivity contribution in [1.29, 1.82) is 0 Å². The van der Waals surface area contributed by atoms with Crippen LogP contribution in [0.25, 0.3) is 10.8 Å². The van der Waals surface area contributed by atoms with Gasteiger partial charge in [-0.2, -0.15) is 4.98 Å². The Morgan fingerprint density at radius 3 is 2.57 bits per heavy atom. The summed E-state index contributed by atoms with van der Waals surface area (Å²) >= 11 is 0. The quantitative estimate of drug-likeness (QED) is 0.699. The van der Waals surface area contributed by atoms with Crippen molar-refractivity contribution in [3.8, 4) is 5.88 Å². The topological polar surface area (TPSA) is 58.6 Å². The number of ether oxygens (including phenoxy) is 1. The summed E-state index contributed by atoms with van der Waals surface area (Å²) in [6.45, 7) is 7.17. The second-order valence-corrected chi connectivity index (χ2v) is 6.85. The van der Waals surface area contributed by atoms with Crippen molar-refractivity contribution >= 4 is 22.5 Å². The van der Waals surface area contributed by atoms with Crippen LogP contribution < -0.4 is 9.64 Å². The number of piperazine rings is 1. The third-order valence-electron chi connectivity index (χ3n) is 5.00. The van der Waals surface area contributed by atoms with Crippen molar-refractivity contribution in [1.82, 2.24) is 14.9 Å². The number of aromatic nitrogens is 2. The Kier molecular flexibility index (Phi) is 5.10. The molecule has 1 aliphatic heterocycles. The van der Waals surface area contributed by atoms with Gasteiger partial charge in [-0.1, -0.05) is 36.4 Å². The molecule has 1 saturated heterocycles. The monoisotopic (exact) mass is 376 g/mol. The number of aryl methyl sites for hydroxylation is 1. The molecule has 1 aliphatic rings. The third kappa shape index (κ3) is 3.63. The van der Waals surface area contributed by atoms with Crippen molar-refractivity contribution in [2.75, 3.05) is 37.7 Å². The van der Waals surface area contributed by atoms with Crippen LogP contribution in [-0.2, 0) is 0 Å². The zero-order valence-corrected chi connectivity index (χ0v) is 16.3. The van der Waals surface area contributed by atoms with Gasteiger partial charge >= 0.3 is 0 Å². The highest BCUT2D eigenvalue weighted by Crippen LogP contribution is 2.23. The number of carbonyl (C=O) groups is 1. The van der Waals surface area contributed by atoms with E-state index in [1.54, 1.807) is 0 Å². The maximum atomic E-state index is 13.1. The van der Waals surface area contributed by atoms with Crippen LogP contribution in [0.15, 0.2) is 48.5 Å². The van der Waals surface area contributed by atoms with Crippen LogP contribution in [0.2, 0.25) is 0 Å². The SMILES string of the molecule is CCOc1cc(N2CCN(C(=O)c3cccc4ccccc34)CC2)nc(C)n1. The molecule has 0 N–H and O–H groups in total. The molecular formula is C22H24N4O2. The number of hydrogen-bond donors (Lipinski definition) is 0. The molecule has 2 aromatic carbocycles. The molecule has 0 aliphatic carbocycles. The third-order valence-corrected chi connectivity index (χ3v) is 5.00. The number of nitrogens with zero attached hydrogens (tertiary/aromatic N) is 4. The normalized spacial score (nSPS) is 14.4. The van der Waals surface area contributed by atoms with E-state index in [-0.39, 0.29) is 5.91 Å². The number of hydrogen-bond acceptors (Lipinski definition) is 5. The number of amides is 1. The molecule has 0 bridgehead atoms. The lowest BCUT2D eigenvalue weighted by atomic mass is 10.0. The highest BCUT2D eigenvalue weighted by atomic mass is 16.5. The first-order chi connectivity index (χ1) is 13.7. The minimum Gasteiger partial charge on any atom is -0.478 e. The smallest absolute Gasteiger partial charge is 0.254 e. The van der Waals surface area contributed by atoms with Gasteiger partial charge in [0.15, 0.2) is 0 Å². The Balaban J connectivity index is 1.49. The van der Waals surface area contributed by atoms with Crippen LogP contribution >= 0.6 is 0 Å². The van der Waals surface area contributed by atoms with E-state index in [4.69, 9.17) is 4.74 Å². The molecule has 3 aromatic rings. The summed E-state index contributed by atoms with van der Waals surface area (Å²) < 4.78 is 5.53. The van der Waals surface area contributed by atoms with E-state index in [1.807, 2.05) is 67.3 Å². The number of anilines is 1. The fourth-order valence-corrected chi connectivity index (χ4v) is 3.63. The summed E-state index contributed by atoms with van der Waals surface area (Å²) in [6.07, 6.45) is 0. The molecule has 0 unspecified atom stereocenters. The fraction of sp³-hybridized carbons (Fsp3) is 0.318. The predicted octanol–water partition coefficient (Wildman–Crippen LogP) is 3.30. The lowest BCUT2D eigenvalue weighted by Crippen LogP contribution is -2.49. The molecule has 2 heterocycles. The largest absolute Gasteiger partial charge is 0.478 e. The van der Waals surface area contributed by atoms with Crippen LogP contribution in [0.4, 0.5) is 5.82 Å². The predicted molar refractivity (Wildman–Crippen MR) is 110 cm³/mol. The molecule has 0 spiro atoms. The molecule has 0 saturated carbocycles. The van der Waals surface area contributed by atoms with Crippen molar-refractivity contribution < 1.29 is 9.53 Å². The maximum Gasteiger partial charge on any atom is 0.254 e. The van der Waals surface area contributed by atoms with Gasteiger partial charge in [0.1, 0.15) is 11.6 Å². The van der Waals surface area contributed by atoms with Gasteiger partial charge in [-0.25, -0.2) is 4.98 Å². The van der Waals surface area contributed by atoms with Gasteiger partial charge in [-0.15, -0.1) is 0 Å². The Morgan fingerprint density at radius 1 is 1.04 bits per heavy atom. The molecule has 4 rings (SSSR count). The van der Waals surface area contributed by atoms with E-state index in [9.17, 15) is 4.79 Å². The van der Waals surface area contributed by atoms with E-state index >= 15 is 0 Å². The molecular weight excluding hydrogens is 352 g/mol. The number of fused-ring (bicyclic) bond motifs is 1. The zero-order valence-electron chi connectivity index (χ0n) is 16.3. The van der Waals surface area contributed by atoms with Gasteiger partial charge < -0.3 is 14.5 Å². The summed E-state index contributed by atoms with van der Waals surface area (Å²) in [6, 6.07) is 15.8. The number of carbonyl (C=O) groups excluding carboxylic acids is 1. The zero-order chi connectivity index (χ0) is 19.5. The Labute approximate surface area is 164 Å². The van der Waals surface area contributed by atoms with Gasteiger partial charge in [0.2, 0.25) is 5.88 Å². The van der Waals surface area contributed by atoms with E-state index in [1.165, 1.54) is 0 Å². The summed E-state index contributed by atoms with van der Waals surface area (Å²) in [5.74, 6) is 2.23. The maximum absolute atomic E-state index is 13.1. The fourth-order valence-electron chi connectivity index (χ4n) is 3.63. The molecule has 1 fully saturated rings. The van der Waals surface area contributed by atoms with Crippen molar-refractivity contribution in [2.24, 2.45) is 0 Å². The van der Waals surface area contributed by atoms with Gasteiger partial charge in [-0.3, -0.25) is 4.79 Å². The van der Waals surface area contributed by atoms with E-state index in [0.29, 0.717) is 31.4 Å². The molecule has 0 atom stereocenters. The Hall–Kier alpha value is -3.15. The summed E-state index contributed by atoms with van der Waals surface area (Å²) in [5, 5.41) is 2.09. The van der Waals surface area contributed by atoms with Gasteiger partial charge in [0.25, 0.3) is 5.91 Å². The van der Waals surface area contributed by atoms with E-state index < -0.39 is 0 Å². The molecule has 6 nitrogen and oxygen atoms in total. The Morgan fingerprint density at radius 2 is 1.79 bits per heavy atom. The standard InChI is InChI=1S/C22H24N4O2/c1-3-28-21-15-20(23-16(2)24-21)25-11-13-26(14-12-25)22(27)19-10-6-8-17-7-4-5-9-18(17)19/h4-10,15H,3,11-14H2,1-2H3. The lowest BCUT2D eigenvalue weighted by molar-refractivity contribution is 0.0748. The van der Waals surface area contributed by atoms with Crippen molar-refractivity contribution in [3.05, 3.63) is 59.9 Å². The summed E-state index contributed by atoms with van der Waals surface area (Å²) in [4.78, 5) is 26.1. The minimum absolute atomic E-state index is 0.0883. The first-order valence-corrected chi connectivity index (χ1v) is 9.66. The second kappa shape index (κ2) is 7.84. The Bertz CT molecular complexity index is 991. The van der Waals surface area contributed by atoms with Gasteiger partial charge in [-0.05, 0) is 30.7 Å². The van der Waals surface area contributed by atoms with E-state index in [2.05, 4.69) is 14.9 Å². The van der Waals surface area contributed by atoms with Gasteiger partial charge in [0.05, 0.1) is 6.61 Å². The minimum atomic E-state index is 0.0883. The number of benzene rings is 2. The van der Waals surface area contributed by atoms with Crippen LogP contribution in [0.3, 0.4) is 0 Å². The van der Waals surface area contributed by atoms with Gasteiger partial charge in [0, 0.05) is 37.8 Å². The molecule has 28 heavy (non-hydrogen) atoms. The second-order valence-electron chi connectivity index (χ2n) is 6.85. The van der Waals surface area contributed by atoms with E-state index in [0.717, 1.165) is 35.2 Å². The lowest BCUT2D eigenvalue weighted by Gasteiger charge is -2.35. The molecule has 6 heteroatoms. The first-order valence-electron chi connectivity index (χ1n) is 9.66.